The molecule has 0 amide bonds. The molecule has 1 aromatic heterocycles. The maximum absolute atomic E-state index is 9.81. The number of nitrogens with one attached hydrogen (secondary N) is 1. The number of para-hydroxylation sites is 1. The Kier molecular flexibility index (Phi) is 3.82. The zero-order valence-electron chi connectivity index (χ0n) is 10.8. The summed E-state index contributed by atoms with van der Waals surface area (Å²) in [6, 6.07) is 10.2. The molecule has 0 saturated carbocycles. The molecule has 2 nitrogen and oxygen atoms in total. The van der Waals surface area contributed by atoms with Gasteiger partial charge in [0, 0.05) is 23.4 Å². The number of fused-ring (bicyclic) bond motifs is 1. The van der Waals surface area contributed by atoms with Crippen LogP contribution in [0.1, 0.15) is 30.5 Å². The molecule has 19 heavy (non-hydrogen) atoms. The molecule has 2 atom stereocenters. The summed E-state index contributed by atoms with van der Waals surface area (Å²) >= 11 is 3.81. The van der Waals surface area contributed by atoms with Gasteiger partial charge in [-0.3, -0.25) is 0 Å². The number of phenols is 1. The fraction of sp³-hybridized carbons (Fsp3) is 0.333. The molecule has 0 spiro atoms. The fourth-order valence-corrected chi connectivity index (χ4v) is 5.00. The second-order valence-electron chi connectivity index (χ2n) is 4.89. The molecule has 2 aromatic rings. The summed E-state index contributed by atoms with van der Waals surface area (Å²) in [5.41, 5.74) is 2.38. The van der Waals surface area contributed by atoms with Crippen LogP contribution >= 0.6 is 23.1 Å². The summed E-state index contributed by atoms with van der Waals surface area (Å²) in [6.45, 7) is 2.99. The van der Waals surface area contributed by atoms with E-state index < -0.39 is 0 Å². The van der Waals surface area contributed by atoms with Crippen LogP contribution in [0.25, 0.3) is 0 Å². The number of hydrogen-bond acceptors (Lipinski definition) is 4. The highest BCUT2D eigenvalue weighted by molar-refractivity contribution is 8.01. The summed E-state index contributed by atoms with van der Waals surface area (Å²) in [5.74, 6) is 0.374. The van der Waals surface area contributed by atoms with Crippen molar-refractivity contribution in [2.75, 3.05) is 0 Å². The second kappa shape index (κ2) is 5.57. The van der Waals surface area contributed by atoms with Crippen molar-refractivity contribution in [3.05, 3.63) is 46.8 Å². The normalized spacial score (nSPS) is 22.2. The van der Waals surface area contributed by atoms with Crippen LogP contribution in [-0.2, 0) is 6.54 Å². The molecular formula is C15H17NOS2. The molecule has 2 heterocycles. The molecule has 0 aliphatic carbocycles. The lowest BCUT2D eigenvalue weighted by atomic mass is 10.0. The van der Waals surface area contributed by atoms with E-state index in [1.165, 1.54) is 9.77 Å². The average molecular weight is 291 g/mol. The number of aromatic hydroxyl groups is 1. The van der Waals surface area contributed by atoms with Crippen molar-refractivity contribution in [1.82, 2.24) is 5.32 Å². The molecule has 0 radical (unpaired) electrons. The zero-order chi connectivity index (χ0) is 13.2. The van der Waals surface area contributed by atoms with Gasteiger partial charge >= 0.3 is 0 Å². The van der Waals surface area contributed by atoms with Crippen LogP contribution in [0.5, 0.6) is 5.75 Å². The fourth-order valence-electron chi connectivity index (χ4n) is 2.44. The quantitative estimate of drug-likeness (QED) is 0.890. The first kappa shape index (κ1) is 13.0. The van der Waals surface area contributed by atoms with E-state index in [2.05, 4.69) is 23.7 Å². The van der Waals surface area contributed by atoms with Crippen LogP contribution < -0.4 is 5.32 Å². The molecule has 1 aliphatic rings. The third-order valence-electron chi connectivity index (χ3n) is 3.44. The topological polar surface area (TPSA) is 32.3 Å². The minimum atomic E-state index is 0.374. The lowest BCUT2D eigenvalue weighted by molar-refractivity contribution is 0.449. The van der Waals surface area contributed by atoms with E-state index in [1.54, 1.807) is 6.07 Å². The van der Waals surface area contributed by atoms with Gasteiger partial charge in [-0.25, -0.2) is 0 Å². The number of hydrogen-bond donors (Lipinski definition) is 2. The van der Waals surface area contributed by atoms with Gasteiger partial charge in [0.2, 0.25) is 0 Å². The first-order valence-electron chi connectivity index (χ1n) is 6.48. The van der Waals surface area contributed by atoms with E-state index in [0.29, 0.717) is 23.6 Å². The number of benzene rings is 1. The van der Waals surface area contributed by atoms with Crippen molar-refractivity contribution in [3.8, 4) is 5.75 Å². The Bertz CT molecular complexity index is 567. The Morgan fingerprint density at radius 2 is 2.16 bits per heavy atom. The van der Waals surface area contributed by atoms with Gasteiger partial charge in [0.15, 0.2) is 0 Å². The van der Waals surface area contributed by atoms with E-state index in [4.69, 9.17) is 0 Å². The first-order valence-corrected chi connectivity index (χ1v) is 8.24. The van der Waals surface area contributed by atoms with Gasteiger partial charge in [-0.15, -0.1) is 23.1 Å². The number of thioether (sulfide) groups is 1. The average Bonchev–Trinajstić information content (AvgIpc) is 2.85. The molecule has 1 aromatic carbocycles. The Hall–Kier alpha value is -0.970. The maximum atomic E-state index is 9.81. The van der Waals surface area contributed by atoms with Crippen molar-refractivity contribution in [2.24, 2.45) is 0 Å². The Morgan fingerprint density at radius 3 is 3.00 bits per heavy atom. The van der Waals surface area contributed by atoms with Gasteiger partial charge in [0.1, 0.15) is 5.75 Å². The molecule has 2 N–H and O–H groups in total. The molecular weight excluding hydrogens is 274 g/mol. The molecule has 1 unspecified atom stereocenters. The molecule has 0 saturated heterocycles. The third kappa shape index (κ3) is 2.81. The summed E-state index contributed by atoms with van der Waals surface area (Å²) in [5, 5.41) is 16.2. The number of thiophene rings is 1. The molecule has 3 rings (SSSR count). The molecule has 4 heteroatoms. The predicted octanol–water partition coefficient (Wildman–Crippen LogP) is 4.17. The minimum Gasteiger partial charge on any atom is -0.508 e. The number of rotatable bonds is 3. The summed E-state index contributed by atoms with van der Waals surface area (Å²) in [4.78, 5) is 0. The smallest absolute Gasteiger partial charge is 0.120 e. The van der Waals surface area contributed by atoms with Crippen LogP contribution in [0.3, 0.4) is 0 Å². The van der Waals surface area contributed by atoms with Crippen molar-refractivity contribution in [2.45, 2.75) is 35.4 Å². The third-order valence-corrected chi connectivity index (χ3v) is 5.78. The largest absolute Gasteiger partial charge is 0.508 e. The lowest BCUT2D eigenvalue weighted by Gasteiger charge is -2.27. The van der Waals surface area contributed by atoms with Gasteiger partial charge in [-0.05, 0) is 29.5 Å². The van der Waals surface area contributed by atoms with E-state index in [-0.39, 0.29) is 0 Å². The van der Waals surface area contributed by atoms with Gasteiger partial charge in [-0.1, -0.05) is 25.1 Å². The first-order chi connectivity index (χ1) is 9.24. The maximum Gasteiger partial charge on any atom is 0.120 e. The van der Waals surface area contributed by atoms with Gasteiger partial charge < -0.3 is 10.4 Å². The van der Waals surface area contributed by atoms with Gasteiger partial charge in [0.05, 0.1) is 4.21 Å². The molecule has 0 fully saturated rings. The van der Waals surface area contributed by atoms with E-state index >= 15 is 0 Å². The lowest BCUT2D eigenvalue weighted by Crippen LogP contribution is -2.26. The predicted molar refractivity (Wildman–Crippen MR) is 81.9 cm³/mol. The molecule has 1 aliphatic heterocycles. The van der Waals surface area contributed by atoms with Crippen molar-refractivity contribution in [3.63, 3.8) is 0 Å². The highest BCUT2D eigenvalue weighted by atomic mass is 32.2. The summed E-state index contributed by atoms with van der Waals surface area (Å²) in [6.07, 6.45) is 1.14. The van der Waals surface area contributed by atoms with Crippen LogP contribution in [0.4, 0.5) is 0 Å². The summed E-state index contributed by atoms with van der Waals surface area (Å²) in [7, 11) is 0. The van der Waals surface area contributed by atoms with E-state index in [1.807, 2.05) is 41.3 Å². The van der Waals surface area contributed by atoms with Gasteiger partial charge in [0.25, 0.3) is 0 Å². The monoisotopic (exact) mass is 291 g/mol. The standard InChI is InChI=1S/C15H17NOS2/c1-10-8-13(12-6-7-18-15(12)19-10)16-9-11-4-2-3-5-14(11)17/h2-7,10,13,16-17H,8-9H2,1H3/t10-,13?/m0/s1. The van der Waals surface area contributed by atoms with Gasteiger partial charge in [-0.2, -0.15) is 0 Å². The zero-order valence-corrected chi connectivity index (χ0v) is 12.4. The van der Waals surface area contributed by atoms with Crippen LogP contribution in [0, 0.1) is 0 Å². The van der Waals surface area contributed by atoms with Crippen LogP contribution in [0.15, 0.2) is 39.9 Å². The van der Waals surface area contributed by atoms with E-state index in [9.17, 15) is 5.11 Å². The minimum absolute atomic E-state index is 0.374. The second-order valence-corrected chi connectivity index (χ2v) is 7.51. The molecule has 0 bridgehead atoms. The molecule has 100 valence electrons. The SMILES string of the molecule is C[C@H]1CC(NCc2ccccc2O)c2ccsc2S1. The van der Waals surface area contributed by atoms with Crippen LogP contribution in [0.2, 0.25) is 0 Å². The highest BCUT2D eigenvalue weighted by Crippen LogP contribution is 2.43. The Labute approximate surface area is 121 Å². The number of phenolic OH excluding ortho intramolecular Hbond substituents is 1. The Morgan fingerprint density at radius 1 is 1.32 bits per heavy atom. The van der Waals surface area contributed by atoms with E-state index in [0.717, 1.165) is 12.0 Å². The highest BCUT2D eigenvalue weighted by Gasteiger charge is 2.25. The Balaban J connectivity index is 1.73. The van der Waals surface area contributed by atoms with Crippen LogP contribution in [-0.4, -0.2) is 10.4 Å². The van der Waals surface area contributed by atoms with Crippen molar-refractivity contribution in [1.29, 1.82) is 0 Å². The van der Waals surface area contributed by atoms with Crippen molar-refractivity contribution >= 4 is 23.1 Å². The van der Waals surface area contributed by atoms with Crippen molar-refractivity contribution < 1.29 is 5.11 Å². The summed E-state index contributed by atoms with van der Waals surface area (Å²) < 4.78 is 1.44.